The average Bonchev–Trinajstić information content (AvgIpc) is 3.06. The molecule has 0 bridgehead atoms. The number of nitrogens with two attached hydrogens (primary N) is 2. The Kier molecular flexibility index (Phi) is 3.91. The Morgan fingerprint density at radius 1 is 0.920 bits per heavy atom. The molecule has 0 amide bonds. The van der Waals surface area contributed by atoms with E-state index in [-0.39, 0.29) is 6.04 Å². The second kappa shape index (κ2) is 6.37. The van der Waals surface area contributed by atoms with Crippen molar-refractivity contribution >= 4 is 16.8 Å². The van der Waals surface area contributed by atoms with Crippen LogP contribution in [0.4, 0.5) is 5.82 Å². The molecule has 2 heterocycles. The number of nitrogen functional groups attached to an aromatic ring is 1. The summed E-state index contributed by atoms with van der Waals surface area (Å²) in [5, 5.41) is 5.24. The summed E-state index contributed by atoms with van der Waals surface area (Å²) in [6.07, 6.45) is 0.595. The molecule has 1 unspecified atom stereocenters. The average molecular weight is 330 g/mol. The molecule has 4 rings (SSSR count). The maximum atomic E-state index is 6.49. The van der Waals surface area contributed by atoms with Crippen molar-refractivity contribution < 1.29 is 4.52 Å². The molecular formula is C20H18N4O. The highest BCUT2D eigenvalue weighted by Crippen LogP contribution is 2.33. The van der Waals surface area contributed by atoms with Crippen LogP contribution in [0.2, 0.25) is 0 Å². The first-order valence-corrected chi connectivity index (χ1v) is 8.13. The van der Waals surface area contributed by atoms with Gasteiger partial charge >= 0.3 is 0 Å². The first kappa shape index (κ1) is 15.4. The molecule has 0 radical (unpaired) electrons. The van der Waals surface area contributed by atoms with E-state index in [4.69, 9.17) is 16.0 Å². The molecule has 0 aliphatic heterocycles. The van der Waals surface area contributed by atoms with Crippen LogP contribution in [0.5, 0.6) is 0 Å². The SMILES string of the molecule is Nc1cccc(CC(N)c2ccccc2-c2noc3ccccc23)n1. The van der Waals surface area contributed by atoms with E-state index < -0.39 is 0 Å². The Morgan fingerprint density at radius 2 is 1.72 bits per heavy atom. The molecule has 5 nitrogen and oxygen atoms in total. The van der Waals surface area contributed by atoms with Gasteiger partial charge in [0, 0.05) is 29.1 Å². The number of pyridine rings is 1. The van der Waals surface area contributed by atoms with Crippen LogP contribution in [0.25, 0.3) is 22.2 Å². The summed E-state index contributed by atoms with van der Waals surface area (Å²) in [5.41, 5.74) is 16.7. The molecule has 2 aromatic carbocycles. The lowest BCUT2D eigenvalue weighted by molar-refractivity contribution is 0.459. The lowest BCUT2D eigenvalue weighted by Gasteiger charge is -2.15. The molecule has 4 aromatic rings. The molecular weight excluding hydrogens is 312 g/mol. The fraction of sp³-hybridized carbons (Fsp3) is 0.100. The fourth-order valence-electron chi connectivity index (χ4n) is 3.06. The van der Waals surface area contributed by atoms with Crippen LogP contribution in [-0.4, -0.2) is 10.1 Å². The number of aromatic nitrogens is 2. The lowest BCUT2D eigenvalue weighted by atomic mass is 9.94. The van der Waals surface area contributed by atoms with Crippen molar-refractivity contribution in [3.63, 3.8) is 0 Å². The third-order valence-corrected chi connectivity index (χ3v) is 4.25. The van der Waals surface area contributed by atoms with E-state index in [9.17, 15) is 0 Å². The van der Waals surface area contributed by atoms with Crippen LogP contribution >= 0.6 is 0 Å². The monoisotopic (exact) mass is 330 g/mol. The maximum Gasteiger partial charge on any atom is 0.167 e. The van der Waals surface area contributed by atoms with Crippen molar-refractivity contribution in [1.29, 1.82) is 0 Å². The highest BCUT2D eigenvalue weighted by molar-refractivity contribution is 5.92. The molecule has 0 aliphatic carbocycles. The summed E-state index contributed by atoms with van der Waals surface area (Å²) in [6, 6.07) is 21.2. The molecule has 0 aliphatic rings. The van der Waals surface area contributed by atoms with Gasteiger partial charge < -0.3 is 16.0 Å². The molecule has 0 saturated carbocycles. The van der Waals surface area contributed by atoms with Gasteiger partial charge in [0.25, 0.3) is 0 Å². The highest BCUT2D eigenvalue weighted by Gasteiger charge is 2.18. The van der Waals surface area contributed by atoms with Crippen LogP contribution < -0.4 is 11.5 Å². The van der Waals surface area contributed by atoms with Gasteiger partial charge in [-0.2, -0.15) is 0 Å². The fourth-order valence-corrected chi connectivity index (χ4v) is 3.06. The molecule has 5 heteroatoms. The predicted octanol–water partition coefficient (Wildman–Crippen LogP) is 3.71. The zero-order valence-corrected chi connectivity index (χ0v) is 13.6. The number of hydrogen-bond acceptors (Lipinski definition) is 5. The van der Waals surface area contributed by atoms with E-state index in [1.165, 1.54) is 0 Å². The van der Waals surface area contributed by atoms with Crippen molar-refractivity contribution in [1.82, 2.24) is 10.1 Å². The first-order valence-electron chi connectivity index (χ1n) is 8.13. The number of para-hydroxylation sites is 1. The highest BCUT2D eigenvalue weighted by atomic mass is 16.5. The van der Waals surface area contributed by atoms with Crippen molar-refractivity contribution in [2.75, 3.05) is 5.73 Å². The Hall–Kier alpha value is -3.18. The van der Waals surface area contributed by atoms with E-state index in [0.29, 0.717) is 12.2 Å². The van der Waals surface area contributed by atoms with Gasteiger partial charge in [0.1, 0.15) is 11.5 Å². The second-order valence-corrected chi connectivity index (χ2v) is 5.98. The summed E-state index contributed by atoms with van der Waals surface area (Å²) in [5.74, 6) is 0.500. The quantitative estimate of drug-likeness (QED) is 0.595. The van der Waals surface area contributed by atoms with Gasteiger partial charge in [0.15, 0.2) is 5.58 Å². The molecule has 1 atom stereocenters. The third kappa shape index (κ3) is 2.97. The van der Waals surface area contributed by atoms with Gasteiger partial charge in [0.05, 0.1) is 0 Å². The largest absolute Gasteiger partial charge is 0.384 e. The zero-order valence-electron chi connectivity index (χ0n) is 13.6. The van der Waals surface area contributed by atoms with Crippen LogP contribution in [0, 0.1) is 0 Å². The molecule has 0 spiro atoms. The predicted molar refractivity (Wildman–Crippen MR) is 98.7 cm³/mol. The van der Waals surface area contributed by atoms with Gasteiger partial charge in [-0.3, -0.25) is 0 Å². The molecule has 4 N–H and O–H groups in total. The number of rotatable bonds is 4. The topological polar surface area (TPSA) is 91.0 Å². The van der Waals surface area contributed by atoms with Gasteiger partial charge in [0.2, 0.25) is 0 Å². The van der Waals surface area contributed by atoms with Gasteiger partial charge in [-0.05, 0) is 29.8 Å². The molecule has 0 saturated heterocycles. The van der Waals surface area contributed by atoms with Crippen molar-refractivity contribution in [3.8, 4) is 11.3 Å². The van der Waals surface area contributed by atoms with Crippen LogP contribution in [0.1, 0.15) is 17.3 Å². The minimum absolute atomic E-state index is 0.221. The maximum absolute atomic E-state index is 6.49. The minimum atomic E-state index is -0.221. The number of benzene rings is 2. The summed E-state index contributed by atoms with van der Waals surface area (Å²) < 4.78 is 5.45. The van der Waals surface area contributed by atoms with Gasteiger partial charge in [-0.1, -0.05) is 47.6 Å². The molecule has 2 aromatic heterocycles. The Morgan fingerprint density at radius 3 is 2.60 bits per heavy atom. The summed E-state index contributed by atoms with van der Waals surface area (Å²) >= 11 is 0. The van der Waals surface area contributed by atoms with Crippen LogP contribution in [0.15, 0.2) is 71.3 Å². The Balaban J connectivity index is 1.74. The number of anilines is 1. The molecule has 25 heavy (non-hydrogen) atoms. The Bertz CT molecular complexity index is 1020. The lowest BCUT2D eigenvalue weighted by Crippen LogP contribution is -2.15. The van der Waals surface area contributed by atoms with Crippen LogP contribution in [-0.2, 0) is 6.42 Å². The van der Waals surface area contributed by atoms with E-state index in [2.05, 4.69) is 10.1 Å². The third-order valence-electron chi connectivity index (χ3n) is 4.25. The van der Waals surface area contributed by atoms with Crippen molar-refractivity contribution in [3.05, 3.63) is 78.0 Å². The number of hydrogen-bond donors (Lipinski definition) is 2. The van der Waals surface area contributed by atoms with Crippen molar-refractivity contribution in [2.45, 2.75) is 12.5 Å². The van der Waals surface area contributed by atoms with Gasteiger partial charge in [-0.15, -0.1) is 0 Å². The summed E-state index contributed by atoms with van der Waals surface area (Å²) in [7, 11) is 0. The van der Waals surface area contributed by atoms with Crippen LogP contribution in [0.3, 0.4) is 0 Å². The van der Waals surface area contributed by atoms with Gasteiger partial charge in [-0.25, -0.2) is 4.98 Å². The van der Waals surface area contributed by atoms with Crippen molar-refractivity contribution in [2.24, 2.45) is 5.73 Å². The second-order valence-electron chi connectivity index (χ2n) is 5.98. The zero-order chi connectivity index (χ0) is 17.2. The molecule has 0 fully saturated rings. The normalized spacial score (nSPS) is 12.4. The van der Waals surface area contributed by atoms with E-state index in [1.54, 1.807) is 6.07 Å². The van der Waals surface area contributed by atoms with E-state index >= 15 is 0 Å². The standard InChI is InChI=1S/C20H18N4O/c21-17(12-13-6-5-11-19(22)23-13)14-7-1-2-8-15(14)20-16-9-3-4-10-18(16)25-24-20/h1-11,17H,12,21H2,(H2,22,23). The first-order chi connectivity index (χ1) is 12.2. The number of fused-ring (bicyclic) bond motifs is 1. The minimum Gasteiger partial charge on any atom is -0.384 e. The smallest absolute Gasteiger partial charge is 0.167 e. The summed E-state index contributed by atoms with van der Waals surface area (Å²) in [4.78, 5) is 4.34. The summed E-state index contributed by atoms with van der Waals surface area (Å²) in [6.45, 7) is 0. The van der Waals surface area contributed by atoms with E-state index in [0.717, 1.165) is 33.5 Å². The number of nitrogens with zero attached hydrogens (tertiary/aromatic N) is 2. The molecule has 124 valence electrons. The Labute approximate surface area is 145 Å². The van der Waals surface area contributed by atoms with E-state index in [1.807, 2.05) is 60.7 Å².